The summed E-state index contributed by atoms with van der Waals surface area (Å²) in [6.45, 7) is 4.02. The van der Waals surface area contributed by atoms with Crippen LogP contribution in [0.4, 0.5) is 5.69 Å². The molecule has 0 radical (unpaired) electrons. The molecule has 0 aliphatic heterocycles. The second-order valence-corrected chi connectivity index (χ2v) is 8.31. The summed E-state index contributed by atoms with van der Waals surface area (Å²) < 4.78 is 25.6. The molecule has 1 aliphatic rings. The highest BCUT2D eigenvalue weighted by atomic mass is 32.2. The average Bonchev–Trinajstić information content (AvgIpc) is 3.30. The summed E-state index contributed by atoms with van der Waals surface area (Å²) in [5.74, 6) is -0.184. The van der Waals surface area contributed by atoms with Gasteiger partial charge in [-0.3, -0.25) is 4.79 Å². The number of aromatic nitrogens is 2. The fourth-order valence-electron chi connectivity index (χ4n) is 2.86. The molecular formula is C17H21N3O4S. The second kappa shape index (κ2) is 6.18. The molecule has 0 unspecified atom stereocenters. The summed E-state index contributed by atoms with van der Waals surface area (Å²) in [5, 5.41) is 17.7. The number of anilines is 1. The number of hydrogen-bond donors (Lipinski definition) is 2. The van der Waals surface area contributed by atoms with E-state index in [0.29, 0.717) is 35.3 Å². The first kappa shape index (κ1) is 17.5. The molecule has 1 saturated carbocycles. The average molecular weight is 363 g/mol. The molecule has 8 heteroatoms. The zero-order valence-corrected chi connectivity index (χ0v) is 15.2. The van der Waals surface area contributed by atoms with E-state index >= 15 is 0 Å². The number of nitrogens with one attached hydrogen (secondary N) is 1. The fourth-order valence-corrected chi connectivity index (χ4v) is 3.76. The standard InChI is InChI=1S/C17H21N3O4S/c1-4-20-17(22)13(9-21)16(19-20)12-7-8-14(25(3,23)24)15(10(12)2)18-11-5-6-11/h7-9,11,18,22H,4-6H2,1-3H3. The number of sulfone groups is 1. The lowest BCUT2D eigenvalue weighted by molar-refractivity contribution is 0.112. The van der Waals surface area contributed by atoms with Crippen LogP contribution in [-0.4, -0.2) is 41.9 Å². The van der Waals surface area contributed by atoms with Gasteiger partial charge in [0.2, 0.25) is 5.88 Å². The highest BCUT2D eigenvalue weighted by Crippen LogP contribution is 2.38. The Kier molecular flexibility index (Phi) is 4.32. The van der Waals surface area contributed by atoms with Crippen molar-refractivity contribution in [1.82, 2.24) is 9.78 Å². The number of nitrogens with zero attached hydrogens (tertiary/aromatic N) is 2. The van der Waals surface area contributed by atoms with Crippen molar-refractivity contribution < 1.29 is 18.3 Å². The van der Waals surface area contributed by atoms with E-state index < -0.39 is 9.84 Å². The maximum atomic E-state index is 12.1. The lowest BCUT2D eigenvalue weighted by atomic mass is 10.0. The third kappa shape index (κ3) is 3.13. The zero-order valence-electron chi connectivity index (χ0n) is 14.4. The minimum atomic E-state index is -3.40. The maximum Gasteiger partial charge on any atom is 0.220 e. The van der Waals surface area contributed by atoms with Gasteiger partial charge in [0.05, 0.1) is 10.6 Å². The first-order valence-electron chi connectivity index (χ1n) is 8.13. The summed E-state index contributed by atoms with van der Waals surface area (Å²) in [6.07, 6.45) is 3.74. The highest BCUT2D eigenvalue weighted by molar-refractivity contribution is 7.90. The molecule has 2 N–H and O–H groups in total. The van der Waals surface area contributed by atoms with Crippen molar-refractivity contribution in [3.05, 3.63) is 23.3 Å². The van der Waals surface area contributed by atoms with Gasteiger partial charge in [-0.25, -0.2) is 13.1 Å². The third-order valence-electron chi connectivity index (χ3n) is 4.39. The minimum absolute atomic E-state index is 0.106. The molecule has 0 amide bonds. The molecular weight excluding hydrogens is 342 g/mol. The van der Waals surface area contributed by atoms with Crippen molar-refractivity contribution in [1.29, 1.82) is 0 Å². The van der Waals surface area contributed by atoms with Gasteiger partial charge in [0.25, 0.3) is 0 Å². The van der Waals surface area contributed by atoms with Gasteiger partial charge in [0, 0.05) is 24.4 Å². The van der Waals surface area contributed by atoms with Crippen LogP contribution in [0.3, 0.4) is 0 Å². The van der Waals surface area contributed by atoms with Crippen molar-refractivity contribution in [3.8, 4) is 17.1 Å². The smallest absolute Gasteiger partial charge is 0.220 e. The Morgan fingerprint density at radius 3 is 2.60 bits per heavy atom. The Labute approximate surface area is 146 Å². The van der Waals surface area contributed by atoms with E-state index in [1.165, 1.54) is 17.0 Å². The Morgan fingerprint density at radius 1 is 1.40 bits per heavy atom. The first-order valence-corrected chi connectivity index (χ1v) is 10.0. The molecule has 134 valence electrons. The van der Waals surface area contributed by atoms with Crippen LogP contribution in [0.1, 0.15) is 35.7 Å². The molecule has 1 aromatic heterocycles. The van der Waals surface area contributed by atoms with Gasteiger partial charge in [-0.2, -0.15) is 5.10 Å². The van der Waals surface area contributed by atoms with Crippen molar-refractivity contribution in [3.63, 3.8) is 0 Å². The number of aryl methyl sites for hydroxylation is 1. The number of hydrogen-bond acceptors (Lipinski definition) is 6. The van der Waals surface area contributed by atoms with Crippen LogP contribution < -0.4 is 5.32 Å². The molecule has 0 saturated heterocycles. The van der Waals surface area contributed by atoms with Crippen molar-refractivity contribution in [2.45, 2.75) is 44.2 Å². The summed E-state index contributed by atoms with van der Waals surface area (Å²) in [5.41, 5.74) is 2.32. The molecule has 3 rings (SSSR count). The van der Waals surface area contributed by atoms with Crippen LogP contribution >= 0.6 is 0 Å². The van der Waals surface area contributed by atoms with Crippen molar-refractivity contribution in [2.24, 2.45) is 0 Å². The molecule has 0 spiro atoms. The largest absolute Gasteiger partial charge is 0.493 e. The molecule has 1 aliphatic carbocycles. The van der Waals surface area contributed by atoms with Crippen molar-refractivity contribution >= 4 is 21.8 Å². The summed E-state index contributed by atoms with van der Waals surface area (Å²) in [6, 6.07) is 3.43. The number of aldehydes is 1. The van der Waals surface area contributed by atoms with Crippen LogP contribution in [0.5, 0.6) is 5.88 Å². The molecule has 1 fully saturated rings. The number of carbonyl (C=O) groups excluding carboxylic acids is 1. The van der Waals surface area contributed by atoms with Gasteiger partial charge >= 0.3 is 0 Å². The van der Waals surface area contributed by atoms with E-state index in [4.69, 9.17) is 0 Å². The number of benzene rings is 1. The minimum Gasteiger partial charge on any atom is -0.493 e. The van der Waals surface area contributed by atoms with Gasteiger partial charge in [0.15, 0.2) is 16.1 Å². The van der Waals surface area contributed by atoms with Gasteiger partial charge in [-0.1, -0.05) is 6.07 Å². The van der Waals surface area contributed by atoms with Crippen LogP contribution in [0.2, 0.25) is 0 Å². The molecule has 2 aromatic rings. The van der Waals surface area contributed by atoms with E-state index in [1.807, 2.05) is 6.92 Å². The van der Waals surface area contributed by atoms with Crippen molar-refractivity contribution in [2.75, 3.05) is 11.6 Å². The predicted molar refractivity (Wildman–Crippen MR) is 94.9 cm³/mol. The topological polar surface area (TPSA) is 101 Å². The molecule has 25 heavy (non-hydrogen) atoms. The number of rotatable bonds is 6. The van der Waals surface area contributed by atoms with Gasteiger partial charge < -0.3 is 10.4 Å². The van der Waals surface area contributed by atoms with E-state index in [1.54, 1.807) is 13.0 Å². The van der Waals surface area contributed by atoms with Gasteiger partial charge in [-0.15, -0.1) is 0 Å². The fraction of sp³-hybridized carbons (Fsp3) is 0.412. The van der Waals surface area contributed by atoms with E-state index in [2.05, 4.69) is 10.4 Å². The van der Waals surface area contributed by atoms with Crippen LogP contribution in [0.15, 0.2) is 17.0 Å². The van der Waals surface area contributed by atoms with E-state index in [9.17, 15) is 18.3 Å². The SMILES string of the molecule is CCn1nc(-c2ccc(S(C)(=O)=O)c(NC3CC3)c2C)c(C=O)c1O. The number of aromatic hydroxyl groups is 1. The molecule has 7 nitrogen and oxygen atoms in total. The summed E-state index contributed by atoms with van der Waals surface area (Å²) in [4.78, 5) is 11.7. The number of carbonyl (C=O) groups is 1. The quantitative estimate of drug-likeness (QED) is 0.764. The molecule has 0 atom stereocenters. The van der Waals surface area contributed by atoms with Crippen LogP contribution in [0, 0.1) is 6.92 Å². The van der Waals surface area contributed by atoms with Crippen LogP contribution in [-0.2, 0) is 16.4 Å². The highest BCUT2D eigenvalue weighted by Gasteiger charge is 2.27. The lowest BCUT2D eigenvalue weighted by Gasteiger charge is -2.16. The molecule has 1 aromatic carbocycles. The Morgan fingerprint density at radius 2 is 2.08 bits per heavy atom. The predicted octanol–water partition coefficient (Wildman–Crippen LogP) is 2.37. The zero-order chi connectivity index (χ0) is 18.4. The molecule has 0 bridgehead atoms. The van der Waals surface area contributed by atoms with Gasteiger partial charge in [-0.05, 0) is 38.3 Å². The van der Waals surface area contributed by atoms with Gasteiger partial charge in [0.1, 0.15) is 11.3 Å². The summed E-state index contributed by atoms with van der Waals surface area (Å²) >= 11 is 0. The van der Waals surface area contributed by atoms with E-state index in [-0.39, 0.29) is 22.4 Å². The summed E-state index contributed by atoms with van der Waals surface area (Å²) in [7, 11) is -3.40. The van der Waals surface area contributed by atoms with Crippen LogP contribution in [0.25, 0.3) is 11.3 Å². The first-order chi connectivity index (χ1) is 11.8. The lowest BCUT2D eigenvalue weighted by Crippen LogP contribution is -2.10. The molecule has 1 heterocycles. The monoisotopic (exact) mass is 363 g/mol. The Bertz CT molecular complexity index is 943. The Hall–Kier alpha value is -2.35. The van der Waals surface area contributed by atoms with E-state index in [0.717, 1.165) is 12.8 Å². The maximum absolute atomic E-state index is 12.1. The normalized spacial score (nSPS) is 14.5. The second-order valence-electron chi connectivity index (χ2n) is 6.32. The Balaban J connectivity index is 2.23. The third-order valence-corrected chi connectivity index (χ3v) is 5.52.